The standard InChI is InChI=1S/C14H26N4OS/c1-11-13(12(2)19)20-14(15-11)18-9-7-17(8-10-18)6-5-16(3)4/h12,19H,5-10H2,1-4H3. The van der Waals surface area contributed by atoms with Crippen molar-refractivity contribution in [1.82, 2.24) is 14.8 Å². The first-order chi connectivity index (χ1) is 9.47. The van der Waals surface area contributed by atoms with Gasteiger partial charge in [0.15, 0.2) is 5.13 Å². The van der Waals surface area contributed by atoms with Crippen LogP contribution in [0, 0.1) is 6.92 Å². The highest BCUT2D eigenvalue weighted by atomic mass is 32.1. The Morgan fingerprint density at radius 3 is 2.45 bits per heavy atom. The van der Waals surface area contributed by atoms with Crippen LogP contribution in [0.1, 0.15) is 23.6 Å². The van der Waals surface area contributed by atoms with Crippen LogP contribution >= 0.6 is 11.3 Å². The van der Waals surface area contributed by atoms with Crippen LogP contribution in [0.15, 0.2) is 0 Å². The van der Waals surface area contributed by atoms with Gasteiger partial charge in [0.25, 0.3) is 0 Å². The van der Waals surface area contributed by atoms with Crippen molar-refractivity contribution >= 4 is 16.5 Å². The number of aromatic nitrogens is 1. The van der Waals surface area contributed by atoms with Crippen LogP contribution < -0.4 is 4.90 Å². The number of aryl methyl sites for hydroxylation is 1. The second-order valence-corrected chi connectivity index (χ2v) is 6.76. The molecule has 2 heterocycles. The first-order valence-corrected chi connectivity index (χ1v) is 8.06. The predicted octanol–water partition coefficient (Wildman–Crippen LogP) is 1.19. The summed E-state index contributed by atoms with van der Waals surface area (Å²) in [6, 6.07) is 0. The maximum Gasteiger partial charge on any atom is 0.185 e. The van der Waals surface area contributed by atoms with E-state index in [1.165, 1.54) is 0 Å². The Labute approximate surface area is 125 Å². The van der Waals surface area contributed by atoms with Gasteiger partial charge in [0, 0.05) is 39.3 Å². The van der Waals surface area contributed by atoms with E-state index in [1.54, 1.807) is 11.3 Å². The first-order valence-electron chi connectivity index (χ1n) is 7.25. The minimum absolute atomic E-state index is 0.414. The van der Waals surface area contributed by atoms with E-state index in [1.807, 2.05) is 13.8 Å². The molecule has 1 fully saturated rings. The molecule has 1 aliphatic heterocycles. The van der Waals surface area contributed by atoms with Gasteiger partial charge in [-0.25, -0.2) is 4.98 Å². The second kappa shape index (κ2) is 6.85. The number of hydrogen-bond donors (Lipinski definition) is 1. The van der Waals surface area contributed by atoms with E-state index in [-0.39, 0.29) is 0 Å². The molecule has 1 aromatic heterocycles. The molecule has 114 valence electrons. The number of likely N-dealkylation sites (N-methyl/N-ethyl adjacent to an activating group) is 1. The Morgan fingerprint density at radius 1 is 1.30 bits per heavy atom. The molecule has 1 aliphatic rings. The molecule has 1 unspecified atom stereocenters. The molecule has 1 N–H and O–H groups in total. The van der Waals surface area contributed by atoms with Crippen molar-refractivity contribution in [1.29, 1.82) is 0 Å². The van der Waals surface area contributed by atoms with Crippen molar-refractivity contribution in [2.75, 3.05) is 58.3 Å². The Bertz CT molecular complexity index is 425. The molecule has 0 spiro atoms. The van der Waals surface area contributed by atoms with Gasteiger partial charge in [-0.1, -0.05) is 11.3 Å². The van der Waals surface area contributed by atoms with Crippen molar-refractivity contribution in [3.05, 3.63) is 10.6 Å². The molecule has 1 atom stereocenters. The number of hydrogen-bond acceptors (Lipinski definition) is 6. The smallest absolute Gasteiger partial charge is 0.185 e. The van der Waals surface area contributed by atoms with E-state index in [0.29, 0.717) is 0 Å². The van der Waals surface area contributed by atoms with Gasteiger partial charge in [-0.2, -0.15) is 0 Å². The van der Waals surface area contributed by atoms with E-state index in [2.05, 4.69) is 33.8 Å². The van der Waals surface area contributed by atoms with E-state index < -0.39 is 6.10 Å². The van der Waals surface area contributed by atoms with Crippen molar-refractivity contribution in [2.45, 2.75) is 20.0 Å². The summed E-state index contributed by atoms with van der Waals surface area (Å²) in [6.07, 6.45) is -0.414. The fourth-order valence-electron chi connectivity index (χ4n) is 2.42. The maximum absolute atomic E-state index is 9.72. The summed E-state index contributed by atoms with van der Waals surface area (Å²) in [5.74, 6) is 0. The van der Waals surface area contributed by atoms with Crippen molar-refractivity contribution < 1.29 is 5.11 Å². The Balaban J connectivity index is 1.89. The van der Waals surface area contributed by atoms with Gasteiger partial charge in [0.2, 0.25) is 0 Å². The lowest BCUT2D eigenvalue weighted by molar-refractivity contribution is 0.202. The van der Waals surface area contributed by atoms with Crippen molar-refractivity contribution in [2.24, 2.45) is 0 Å². The predicted molar refractivity (Wildman–Crippen MR) is 84.7 cm³/mol. The van der Waals surface area contributed by atoms with Gasteiger partial charge in [-0.15, -0.1) is 0 Å². The summed E-state index contributed by atoms with van der Waals surface area (Å²) >= 11 is 1.63. The number of anilines is 1. The van der Waals surface area contributed by atoms with Gasteiger partial charge in [0.1, 0.15) is 0 Å². The van der Waals surface area contributed by atoms with Crippen molar-refractivity contribution in [3.63, 3.8) is 0 Å². The molecule has 5 nitrogen and oxygen atoms in total. The topological polar surface area (TPSA) is 42.8 Å². The molecule has 0 amide bonds. The van der Waals surface area contributed by atoms with Crippen LogP contribution in [-0.2, 0) is 0 Å². The lowest BCUT2D eigenvalue weighted by Crippen LogP contribution is -2.48. The van der Waals surface area contributed by atoms with E-state index in [4.69, 9.17) is 0 Å². The summed E-state index contributed by atoms with van der Waals surface area (Å²) in [5, 5.41) is 10.8. The summed E-state index contributed by atoms with van der Waals surface area (Å²) in [5.41, 5.74) is 0.968. The molecular weight excluding hydrogens is 272 g/mol. The van der Waals surface area contributed by atoms with Gasteiger partial charge in [-0.3, -0.25) is 4.90 Å². The number of aliphatic hydroxyl groups is 1. The van der Waals surface area contributed by atoms with Crippen LogP contribution in [0.25, 0.3) is 0 Å². The average Bonchev–Trinajstić information content (AvgIpc) is 2.79. The maximum atomic E-state index is 9.72. The quantitative estimate of drug-likeness (QED) is 0.884. The Hall–Kier alpha value is -0.690. The number of piperazine rings is 1. The van der Waals surface area contributed by atoms with Gasteiger partial charge >= 0.3 is 0 Å². The largest absolute Gasteiger partial charge is 0.388 e. The molecule has 1 aromatic rings. The number of rotatable bonds is 5. The number of aliphatic hydroxyl groups excluding tert-OH is 1. The van der Waals surface area contributed by atoms with Gasteiger partial charge < -0.3 is 14.9 Å². The zero-order chi connectivity index (χ0) is 14.7. The lowest BCUT2D eigenvalue weighted by Gasteiger charge is -2.35. The molecule has 0 saturated carbocycles. The van der Waals surface area contributed by atoms with Crippen LogP contribution in [0.4, 0.5) is 5.13 Å². The number of thiazole rings is 1. The van der Waals surface area contributed by atoms with E-state index in [0.717, 1.165) is 55.0 Å². The molecule has 0 bridgehead atoms. The summed E-state index contributed by atoms with van der Waals surface area (Å²) in [7, 11) is 4.23. The number of nitrogens with zero attached hydrogens (tertiary/aromatic N) is 4. The Morgan fingerprint density at radius 2 is 1.95 bits per heavy atom. The minimum atomic E-state index is -0.414. The monoisotopic (exact) mass is 298 g/mol. The molecule has 1 saturated heterocycles. The highest BCUT2D eigenvalue weighted by Gasteiger charge is 2.21. The van der Waals surface area contributed by atoms with Crippen LogP contribution in [0.5, 0.6) is 0 Å². The molecule has 0 radical (unpaired) electrons. The zero-order valence-electron chi connectivity index (χ0n) is 13.0. The minimum Gasteiger partial charge on any atom is -0.388 e. The van der Waals surface area contributed by atoms with E-state index >= 15 is 0 Å². The van der Waals surface area contributed by atoms with Crippen LogP contribution in [-0.4, -0.2) is 73.3 Å². The van der Waals surface area contributed by atoms with Gasteiger partial charge in [0.05, 0.1) is 16.7 Å². The highest BCUT2D eigenvalue weighted by Crippen LogP contribution is 2.30. The van der Waals surface area contributed by atoms with E-state index in [9.17, 15) is 5.11 Å². The highest BCUT2D eigenvalue weighted by molar-refractivity contribution is 7.15. The summed E-state index contributed by atoms with van der Waals surface area (Å²) in [6.45, 7) is 10.3. The lowest BCUT2D eigenvalue weighted by atomic mass is 10.3. The Kier molecular flexibility index (Phi) is 5.37. The third-order valence-electron chi connectivity index (χ3n) is 3.71. The fraction of sp³-hybridized carbons (Fsp3) is 0.786. The molecule has 0 aromatic carbocycles. The normalized spacial score (nSPS) is 18.8. The fourth-order valence-corrected chi connectivity index (χ4v) is 3.48. The third kappa shape index (κ3) is 3.91. The summed E-state index contributed by atoms with van der Waals surface area (Å²) < 4.78 is 0. The second-order valence-electron chi connectivity index (χ2n) is 5.75. The average molecular weight is 298 g/mol. The first kappa shape index (κ1) is 15.7. The molecule has 20 heavy (non-hydrogen) atoms. The molecule has 2 rings (SSSR count). The molecule has 6 heteroatoms. The summed E-state index contributed by atoms with van der Waals surface area (Å²) in [4.78, 5) is 12.7. The van der Waals surface area contributed by atoms with Gasteiger partial charge in [-0.05, 0) is 27.9 Å². The van der Waals surface area contributed by atoms with Crippen molar-refractivity contribution in [3.8, 4) is 0 Å². The molecular formula is C14H26N4OS. The SMILES string of the molecule is Cc1nc(N2CCN(CCN(C)C)CC2)sc1C(C)O. The molecule has 0 aliphatic carbocycles. The zero-order valence-corrected chi connectivity index (χ0v) is 13.8. The van der Waals surface area contributed by atoms with Crippen LogP contribution in [0.3, 0.4) is 0 Å². The van der Waals surface area contributed by atoms with Crippen LogP contribution in [0.2, 0.25) is 0 Å². The third-order valence-corrected chi connectivity index (χ3v) is 5.10.